The molecule has 3 aliphatic heterocycles. The summed E-state index contributed by atoms with van der Waals surface area (Å²) >= 11 is 0. The van der Waals surface area contributed by atoms with E-state index < -0.39 is 69.9 Å². The molecule has 0 spiro atoms. The number of nitrogens with one attached hydrogen (secondary N) is 2. The molecule has 2 fully saturated rings. The Hall–Kier alpha value is -3.09. The first-order valence-corrected chi connectivity index (χ1v) is 12.5. The van der Waals surface area contributed by atoms with Crippen molar-refractivity contribution in [3.05, 3.63) is 18.6 Å². The fourth-order valence-corrected chi connectivity index (χ4v) is 4.98. The zero-order chi connectivity index (χ0) is 26.9. The van der Waals surface area contributed by atoms with Crippen molar-refractivity contribution in [3.63, 3.8) is 0 Å². The zero-order valence-corrected chi connectivity index (χ0v) is 20.2. The van der Waals surface area contributed by atoms with Gasteiger partial charge in [0.05, 0.1) is 31.3 Å². The van der Waals surface area contributed by atoms with Gasteiger partial charge in [0.2, 0.25) is 0 Å². The highest BCUT2D eigenvalue weighted by atomic mass is 31.2. The minimum atomic E-state index is -4.71. The predicted octanol–water partition coefficient (Wildman–Crippen LogP) is -2.36. The lowest BCUT2D eigenvalue weighted by Gasteiger charge is -2.22. The van der Waals surface area contributed by atoms with E-state index in [-0.39, 0.29) is 18.8 Å². The number of imidazole rings is 1. The SMILES string of the molecule is C=C1NC(N)=Nc2c1ncn2[C@H]1C[C@H](O)[C@@H](COP(=O)(O)O[C@H]2C[C@@H](NC(=O)N=C(N)N)O[C@@H]2CO)O1. The normalized spacial score (nSPS) is 30.7. The molecule has 3 aliphatic rings. The van der Waals surface area contributed by atoms with Crippen molar-refractivity contribution in [2.45, 2.75) is 49.7 Å². The molecule has 2 amide bonds. The summed E-state index contributed by atoms with van der Waals surface area (Å²) in [4.78, 5) is 33.6. The number of hydrogen-bond donors (Lipinski definition) is 8. The third kappa shape index (κ3) is 6.25. The number of aliphatic hydroxyl groups excluding tert-OH is 2. The maximum Gasteiger partial charge on any atom is 0.472 e. The zero-order valence-electron chi connectivity index (χ0n) is 19.3. The Balaban J connectivity index is 1.33. The van der Waals surface area contributed by atoms with Crippen LogP contribution in [0.4, 0.5) is 10.6 Å². The van der Waals surface area contributed by atoms with Gasteiger partial charge in [-0.2, -0.15) is 9.98 Å². The number of aliphatic imine (C=N–C) groups is 2. The quantitative estimate of drug-likeness (QED) is 0.0964. The molecule has 37 heavy (non-hydrogen) atoms. The van der Waals surface area contributed by atoms with Crippen LogP contribution in [0, 0.1) is 0 Å². The number of carbonyl (C=O) groups is 1. The third-order valence-electron chi connectivity index (χ3n) is 5.64. The van der Waals surface area contributed by atoms with Crippen molar-refractivity contribution < 1.29 is 43.0 Å². The number of aliphatic hydroxyl groups is 2. The number of amides is 2. The van der Waals surface area contributed by atoms with Gasteiger partial charge in [0.15, 0.2) is 17.7 Å². The van der Waals surface area contributed by atoms with E-state index in [9.17, 15) is 24.5 Å². The van der Waals surface area contributed by atoms with Gasteiger partial charge in [0, 0.05) is 12.8 Å². The highest BCUT2D eigenvalue weighted by molar-refractivity contribution is 7.47. The molecule has 4 heterocycles. The molecule has 11 N–H and O–H groups in total. The van der Waals surface area contributed by atoms with Crippen molar-refractivity contribution in [2.75, 3.05) is 13.2 Å². The molecular formula is C18H28N9O9P. The molecule has 18 nitrogen and oxygen atoms in total. The van der Waals surface area contributed by atoms with E-state index in [4.69, 9.17) is 35.7 Å². The Morgan fingerprint density at radius 2 is 2.14 bits per heavy atom. The van der Waals surface area contributed by atoms with Crippen LogP contribution in [-0.4, -0.2) is 86.5 Å². The average Bonchev–Trinajstić information content (AvgIpc) is 3.48. The van der Waals surface area contributed by atoms with Crippen molar-refractivity contribution in [2.24, 2.45) is 27.2 Å². The third-order valence-corrected chi connectivity index (χ3v) is 6.65. The lowest BCUT2D eigenvalue weighted by molar-refractivity contribution is -0.0519. The summed E-state index contributed by atoms with van der Waals surface area (Å²) in [6, 6.07) is -0.902. The largest absolute Gasteiger partial charge is 0.472 e. The van der Waals surface area contributed by atoms with Crippen LogP contribution in [0.15, 0.2) is 22.9 Å². The number of fused-ring (bicyclic) bond motifs is 1. The molecular weight excluding hydrogens is 517 g/mol. The lowest BCUT2D eigenvalue weighted by Crippen LogP contribution is -2.35. The van der Waals surface area contributed by atoms with E-state index in [1.807, 2.05) is 0 Å². The van der Waals surface area contributed by atoms with Gasteiger partial charge in [-0.3, -0.25) is 13.6 Å². The topological polar surface area (TPSA) is 276 Å². The van der Waals surface area contributed by atoms with E-state index >= 15 is 0 Å². The smallest absolute Gasteiger partial charge is 0.394 e. The van der Waals surface area contributed by atoms with Crippen molar-refractivity contribution in [1.82, 2.24) is 20.2 Å². The van der Waals surface area contributed by atoms with Gasteiger partial charge >= 0.3 is 13.9 Å². The number of aromatic nitrogens is 2. The molecule has 0 bridgehead atoms. The first-order valence-electron chi connectivity index (χ1n) is 11.0. The number of hydrogen-bond acceptors (Lipinski definition) is 12. The van der Waals surface area contributed by atoms with Crippen LogP contribution in [0.25, 0.3) is 5.70 Å². The summed E-state index contributed by atoms with van der Waals surface area (Å²) in [5, 5.41) is 25.0. The number of rotatable bonds is 8. The molecule has 204 valence electrons. The van der Waals surface area contributed by atoms with Gasteiger partial charge in [0.1, 0.15) is 36.5 Å². The fourth-order valence-electron chi connectivity index (χ4n) is 4.02. The highest BCUT2D eigenvalue weighted by Crippen LogP contribution is 2.48. The van der Waals surface area contributed by atoms with Crippen LogP contribution in [0.5, 0.6) is 0 Å². The van der Waals surface area contributed by atoms with Crippen LogP contribution in [0.3, 0.4) is 0 Å². The number of ether oxygens (including phenoxy) is 2. The van der Waals surface area contributed by atoms with Gasteiger partial charge < -0.3 is 52.4 Å². The van der Waals surface area contributed by atoms with Crippen LogP contribution in [0.2, 0.25) is 0 Å². The summed E-state index contributed by atoms with van der Waals surface area (Å²) in [5.41, 5.74) is 16.9. The summed E-state index contributed by atoms with van der Waals surface area (Å²) in [7, 11) is -4.71. The minimum Gasteiger partial charge on any atom is -0.394 e. The molecule has 4 rings (SSSR count). The Morgan fingerprint density at radius 3 is 2.84 bits per heavy atom. The number of nitrogens with two attached hydrogens (primary N) is 3. The molecule has 2 saturated heterocycles. The maximum atomic E-state index is 12.6. The van der Waals surface area contributed by atoms with Crippen LogP contribution < -0.4 is 27.8 Å². The molecule has 0 saturated carbocycles. The van der Waals surface area contributed by atoms with Crippen LogP contribution >= 0.6 is 7.82 Å². The van der Waals surface area contributed by atoms with Gasteiger partial charge in [-0.25, -0.2) is 14.3 Å². The minimum absolute atomic E-state index is 0.106. The number of urea groups is 1. The summed E-state index contributed by atoms with van der Waals surface area (Å²) in [5.74, 6) is 0.0289. The average molecular weight is 545 g/mol. The molecule has 0 aromatic carbocycles. The summed E-state index contributed by atoms with van der Waals surface area (Å²) in [6.07, 6.45) is -4.44. The molecule has 1 unspecified atom stereocenters. The van der Waals surface area contributed by atoms with Crippen LogP contribution in [0.1, 0.15) is 24.8 Å². The molecule has 19 heteroatoms. The molecule has 0 aliphatic carbocycles. The van der Waals surface area contributed by atoms with Crippen LogP contribution in [-0.2, 0) is 23.1 Å². The Labute approximate surface area is 209 Å². The van der Waals surface area contributed by atoms with Gasteiger partial charge in [0.25, 0.3) is 0 Å². The number of guanidine groups is 2. The molecule has 1 aromatic rings. The Morgan fingerprint density at radius 1 is 1.38 bits per heavy atom. The molecule has 7 atom stereocenters. The maximum absolute atomic E-state index is 12.6. The number of phosphoric acid groups is 1. The monoisotopic (exact) mass is 545 g/mol. The molecule has 0 radical (unpaired) electrons. The van der Waals surface area contributed by atoms with Crippen molar-refractivity contribution in [3.8, 4) is 0 Å². The van der Waals surface area contributed by atoms with E-state index in [0.717, 1.165) is 0 Å². The summed E-state index contributed by atoms with van der Waals surface area (Å²) in [6.45, 7) is 2.75. The number of nitrogens with zero attached hydrogens (tertiary/aromatic N) is 4. The molecule has 1 aromatic heterocycles. The summed E-state index contributed by atoms with van der Waals surface area (Å²) < 4.78 is 35.5. The van der Waals surface area contributed by atoms with E-state index in [2.05, 4.69) is 32.2 Å². The second kappa shape index (κ2) is 10.7. The Bertz CT molecular complexity index is 1150. The van der Waals surface area contributed by atoms with Crippen molar-refractivity contribution >= 4 is 37.3 Å². The fraction of sp³-hybridized carbons (Fsp3) is 0.556. The lowest BCUT2D eigenvalue weighted by atomic mass is 10.2. The second-order valence-corrected chi connectivity index (χ2v) is 9.74. The van der Waals surface area contributed by atoms with Gasteiger partial charge in [-0.15, -0.1) is 0 Å². The van der Waals surface area contributed by atoms with Crippen molar-refractivity contribution in [1.29, 1.82) is 0 Å². The van der Waals surface area contributed by atoms with E-state index in [1.54, 1.807) is 4.57 Å². The Kier molecular flexibility index (Phi) is 7.81. The van der Waals surface area contributed by atoms with E-state index in [0.29, 0.717) is 17.2 Å². The first-order chi connectivity index (χ1) is 17.5. The highest BCUT2D eigenvalue weighted by Gasteiger charge is 2.43. The predicted molar refractivity (Wildman–Crippen MR) is 126 cm³/mol. The van der Waals surface area contributed by atoms with Gasteiger partial charge in [-0.05, 0) is 0 Å². The second-order valence-electron chi connectivity index (χ2n) is 8.33. The van der Waals surface area contributed by atoms with E-state index in [1.165, 1.54) is 6.33 Å². The number of phosphoric ester groups is 1. The standard InChI is InChI=1S/C18H28N9O9P/c1-7-14-15(25-17(21)23-7)27(6-22-14)13-2-8(29)11(35-13)5-33-37(31,32)36-9-3-12(34-10(9)4-28)24-18(30)26-16(19)20/h6,8-13,28-29H,1-5H2,(H,31,32)(H3,21,23,25)(H5,19,20,24,26,30)/t8-,9-,10+,11+,12-,13+/m0/s1. The number of carbonyl (C=O) groups excluding carboxylic acids is 1. The van der Waals surface area contributed by atoms with Gasteiger partial charge in [-0.1, -0.05) is 6.58 Å². The first kappa shape index (κ1) is 27.0.